The first-order valence-corrected chi connectivity index (χ1v) is 10.8. The second-order valence-electron chi connectivity index (χ2n) is 7.25. The van der Waals surface area contributed by atoms with Gasteiger partial charge in [-0.25, -0.2) is 4.39 Å². The molecule has 1 fully saturated rings. The number of anilines is 2. The maximum atomic E-state index is 13.7. The molecule has 1 aromatic carbocycles. The van der Waals surface area contributed by atoms with Gasteiger partial charge in [0.05, 0.1) is 13.2 Å². The van der Waals surface area contributed by atoms with Crippen LogP contribution < -0.4 is 10.2 Å². The molecule has 164 valence electrons. The largest absolute Gasteiger partial charge is 0.378 e. The number of hydrogen-bond acceptors (Lipinski definition) is 7. The summed E-state index contributed by atoms with van der Waals surface area (Å²) < 4.78 is 20.9. The fourth-order valence-electron chi connectivity index (χ4n) is 3.56. The summed E-state index contributed by atoms with van der Waals surface area (Å²) in [6.07, 6.45) is 1.53. The molecule has 4 rings (SSSR count). The van der Waals surface area contributed by atoms with Crippen LogP contribution >= 0.6 is 11.3 Å². The Kier molecular flexibility index (Phi) is 6.30. The van der Waals surface area contributed by atoms with E-state index in [9.17, 15) is 14.4 Å². The zero-order chi connectivity index (χ0) is 22.7. The quantitative estimate of drug-likeness (QED) is 0.470. The van der Waals surface area contributed by atoms with Crippen LogP contribution in [0.1, 0.15) is 17.0 Å². The molecule has 2 aromatic heterocycles. The first kappa shape index (κ1) is 21.7. The van der Waals surface area contributed by atoms with E-state index in [0.29, 0.717) is 47.8 Å². The van der Waals surface area contributed by atoms with E-state index < -0.39 is 5.91 Å². The molecule has 0 atom stereocenters. The predicted molar refractivity (Wildman–Crippen MR) is 120 cm³/mol. The summed E-state index contributed by atoms with van der Waals surface area (Å²) in [5.41, 5.74) is 2.96. The van der Waals surface area contributed by atoms with Crippen molar-refractivity contribution in [1.29, 1.82) is 5.26 Å². The number of nitrogens with one attached hydrogen (secondary N) is 1. The molecule has 0 bridgehead atoms. The SMILES string of the molecule is Cc1cc(/C=C(/C#N)C(=O)Nc2nnc(N3CCOCC3)s2)c(C)n1-c1cccc(F)c1. The number of nitrogens with zero attached hydrogens (tertiary/aromatic N) is 5. The molecule has 0 radical (unpaired) electrons. The van der Waals surface area contributed by atoms with E-state index in [1.54, 1.807) is 12.1 Å². The number of ether oxygens (including phenoxy) is 1. The van der Waals surface area contributed by atoms with Crippen LogP contribution in [0.4, 0.5) is 14.7 Å². The fraction of sp³-hybridized carbons (Fsp3) is 0.273. The maximum Gasteiger partial charge on any atom is 0.268 e. The van der Waals surface area contributed by atoms with Gasteiger partial charge in [0.25, 0.3) is 5.91 Å². The molecule has 1 N–H and O–H groups in total. The van der Waals surface area contributed by atoms with Crippen LogP contribution in [0.2, 0.25) is 0 Å². The Morgan fingerprint density at radius 1 is 1.28 bits per heavy atom. The van der Waals surface area contributed by atoms with Crippen LogP contribution in [0.5, 0.6) is 0 Å². The van der Waals surface area contributed by atoms with Crippen molar-refractivity contribution < 1.29 is 13.9 Å². The third-order valence-electron chi connectivity index (χ3n) is 5.12. The summed E-state index contributed by atoms with van der Waals surface area (Å²) >= 11 is 1.25. The van der Waals surface area contributed by atoms with E-state index in [1.807, 2.05) is 35.5 Å². The standard InChI is InChI=1S/C22H21FN6O2S/c1-14-10-16(15(2)29(14)19-5-3-4-18(23)12-19)11-17(13-24)20(30)25-21-26-27-22(32-21)28-6-8-31-9-7-28/h3-5,10-12H,6-9H2,1-2H3,(H,25,26,30)/b17-11-. The van der Waals surface area contributed by atoms with Gasteiger partial charge in [-0.3, -0.25) is 10.1 Å². The molecule has 1 saturated heterocycles. The molecule has 3 aromatic rings. The molecule has 10 heteroatoms. The first-order chi connectivity index (χ1) is 15.5. The molecule has 0 spiro atoms. The number of morpholine rings is 1. The number of nitriles is 1. The Labute approximate surface area is 188 Å². The summed E-state index contributed by atoms with van der Waals surface area (Å²) in [7, 11) is 0. The number of aryl methyl sites for hydroxylation is 1. The van der Waals surface area contributed by atoms with Crippen molar-refractivity contribution in [2.24, 2.45) is 0 Å². The number of carbonyl (C=O) groups excluding carboxylic acids is 1. The minimum atomic E-state index is -0.562. The summed E-state index contributed by atoms with van der Waals surface area (Å²) in [6.45, 7) is 6.42. The van der Waals surface area contributed by atoms with Gasteiger partial charge in [0.15, 0.2) is 0 Å². The predicted octanol–water partition coefficient (Wildman–Crippen LogP) is 3.47. The molecule has 8 nitrogen and oxygen atoms in total. The van der Waals surface area contributed by atoms with Crippen LogP contribution in [0.25, 0.3) is 11.8 Å². The maximum absolute atomic E-state index is 13.7. The number of hydrogen-bond donors (Lipinski definition) is 1. The van der Waals surface area contributed by atoms with E-state index in [2.05, 4.69) is 15.5 Å². The van der Waals surface area contributed by atoms with Gasteiger partial charge in [0.2, 0.25) is 10.3 Å². The Hall–Kier alpha value is -3.55. The highest BCUT2D eigenvalue weighted by Crippen LogP contribution is 2.26. The first-order valence-electron chi connectivity index (χ1n) is 10.0. The van der Waals surface area contributed by atoms with Crippen molar-refractivity contribution in [3.8, 4) is 11.8 Å². The van der Waals surface area contributed by atoms with E-state index in [-0.39, 0.29) is 11.4 Å². The number of aromatic nitrogens is 3. The summed E-state index contributed by atoms with van der Waals surface area (Å²) in [5.74, 6) is -0.898. The Balaban J connectivity index is 1.54. The van der Waals surface area contributed by atoms with Crippen LogP contribution in [0, 0.1) is 31.0 Å². The van der Waals surface area contributed by atoms with Crippen LogP contribution in [-0.2, 0) is 9.53 Å². The molecule has 1 amide bonds. The molecular weight excluding hydrogens is 431 g/mol. The number of halogens is 1. The number of amides is 1. The van der Waals surface area contributed by atoms with Crippen molar-refractivity contribution in [2.45, 2.75) is 13.8 Å². The highest BCUT2D eigenvalue weighted by atomic mass is 32.1. The van der Waals surface area contributed by atoms with Gasteiger partial charge in [-0.2, -0.15) is 5.26 Å². The fourth-order valence-corrected chi connectivity index (χ4v) is 4.35. The topological polar surface area (TPSA) is 96.1 Å². The summed E-state index contributed by atoms with van der Waals surface area (Å²) in [6, 6.07) is 10.1. The second kappa shape index (κ2) is 9.30. The molecule has 0 unspecified atom stereocenters. The smallest absolute Gasteiger partial charge is 0.268 e. The van der Waals surface area contributed by atoms with Crippen molar-refractivity contribution >= 4 is 33.6 Å². The van der Waals surface area contributed by atoms with Gasteiger partial charge in [0.1, 0.15) is 17.5 Å². The normalized spacial score (nSPS) is 14.3. The third-order valence-corrected chi connectivity index (χ3v) is 6.02. The summed E-state index contributed by atoms with van der Waals surface area (Å²) in [5, 5.41) is 21.4. The van der Waals surface area contributed by atoms with Gasteiger partial charge in [0, 0.05) is 30.2 Å². The van der Waals surface area contributed by atoms with Gasteiger partial charge >= 0.3 is 0 Å². The third kappa shape index (κ3) is 4.54. The zero-order valence-corrected chi connectivity index (χ0v) is 18.4. The molecule has 0 aliphatic carbocycles. The van der Waals surface area contributed by atoms with Crippen molar-refractivity contribution in [3.05, 3.63) is 58.7 Å². The number of benzene rings is 1. The lowest BCUT2D eigenvalue weighted by molar-refractivity contribution is -0.112. The molecule has 1 aliphatic rings. The van der Waals surface area contributed by atoms with E-state index in [4.69, 9.17) is 4.74 Å². The van der Waals surface area contributed by atoms with E-state index in [1.165, 1.54) is 29.5 Å². The monoisotopic (exact) mass is 452 g/mol. The van der Waals surface area contributed by atoms with Crippen molar-refractivity contribution in [2.75, 3.05) is 36.5 Å². The zero-order valence-electron chi connectivity index (χ0n) is 17.6. The number of carbonyl (C=O) groups is 1. The Morgan fingerprint density at radius 3 is 2.78 bits per heavy atom. The lowest BCUT2D eigenvalue weighted by Crippen LogP contribution is -2.36. The lowest BCUT2D eigenvalue weighted by Gasteiger charge is -2.25. The molecule has 32 heavy (non-hydrogen) atoms. The second-order valence-corrected chi connectivity index (χ2v) is 8.21. The average molecular weight is 453 g/mol. The Bertz CT molecular complexity index is 1220. The van der Waals surface area contributed by atoms with E-state index >= 15 is 0 Å². The van der Waals surface area contributed by atoms with Crippen molar-refractivity contribution in [3.63, 3.8) is 0 Å². The van der Waals surface area contributed by atoms with E-state index in [0.717, 1.165) is 11.4 Å². The molecule has 3 heterocycles. The molecule has 0 saturated carbocycles. The molecular formula is C22H21FN6O2S. The van der Waals surface area contributed by atoms with Crippen LogP contribution in [0.15, 0.2) is 35.9 Å². The van der Waals surface area contributed by atoms with Gasteiger partial charge in [-0.05, 0) is 49.8 Å². The summed E-state index contributed by atoms with van der Waals surface area (Å²) in [4.78, 5) is 14.7. The van der Waals surface area contributed by atoms with Gasteiger partial charge in [-0.1, -0.05) is 17.4 Å². The Morgan fingerprint density at radius 2 is 2.06 bits per heavy atom. The lowest BCUT2D eigenvalue weighted by atomic mass is 10.1. The highest BCUT2D eigenvalue weighted by Gasteiger charge is 2.19. The highest BCUT2D eigenvalue weighted by molar-refractivity contribution is 7.19. The van der Waals surface area contributed by atoms with Gasteiger partial charge < -0.3 is 14.2 Å². The molecule has 1 aliphatic heterocycles. The van der Waals surface area contributed by atoms with Crippen LogP contribution in [-0.4, -0.2) is 47.0 Å². The minimum Gasteiger partial charge on any atom is -0.378 e. The van der Waals surface area contributed by atoms with Crippen molar-refractivity contribution in [1.82, 2.24) is 14.8 Å². The van der Waals surface area contributed by atoms with Crippen LogP contribution in [0.3, 0.4) is 0 Å². The van der Waals surface area contributed by atoms with Gasteiger partial charge in [-0.15, -0.1) is 10.2 Å². The minimum absolute atomic E-state index is 0.0624. The average Bonchev–Trinajstić information content (AvgIpc) is 3.36. The number of rotatable bonds is 5.